The predicted octanol–water partition coefficient (Wildman–Crippen LogP) is 2.81. The Morgan fingerprint density at radius 3 is 2.90 bits per heavy atom. The van der Waals surface area contributed by atoms with Crippen molar-refractivity contribution in [2.45, 2.75) is 44.9 Å². The molecule has 0 aliphatic heterocycles. The van der Waals surface area contributed by atoms with Gasteiger partial charge in [-0.2, -0.15) is 5.10 Å². The summed E-state index contributed by atoms with van der Waals surface area (Å²) in [6, 6.07) is 7.81. The van der Waals surface area contributed by atoms with E-state index >= 15 is 0 Å². The highest BCUT2D eigenvalue weighted by Gasteiger charge is 2.42. The first-order valence-electron chi connectivity index (χ1n) is 7.25. The first-order valence-corrected chi connectivity index (χ1v) is 8.04. The second-order valence-corrected chi connectivity index (χ2v) is 6.56. The van der Waals surface area contributed by atoms with Crippen molar-refractivity contribution in [3.05, 3.63) is 51.3 Å². The Kier molecular flexibility index (Phi) is 3.67. The Labute approximate surface area is 133 Å². The number of hydrogen-bond acceptors (Lipinski definition) is 3. The molecule has 1 aliphatic rings. The molecule has 0 saturated heterocycles. The van der Waals surface area contributed by atoms with Gasteiger partial charge in [0.05, 0.1) is 21.5 Å². The Bertz CT molecular complexity index is 682. The summed E-state index contributed by atoms with van der Waals surface area (Å²) in [5.74, 6) is 0. The largest absolute Gasteiger partial charge is 0.385 e. The van der Waals surface area contributed by atoms with Crippen molar-refractivity contribution in [1.29, 1.82) is 0 Å². The van der Waals surface area contributed by atoms with E-state index in [-0.39, 0.29) is 6.04 Å². The van der Waals surface area contributed by atoms with E-state index in [4.69, 9.17) is 5.73 Å². The lowest BCUT2D eigenvalue weighted by atomic mass is 9.90. The summed E-state index contributed by atoms with van der Waals surface area (Å²) in [5.41, 5.74) is 9.26. The van der Waals surface area contributed by atoms with E-state index in [1.807, 2.05) is 35.9 Å². The average Bonchev–Trinajstić information content (AvgIpc) is 2.88. The lowest BCUT2D eigenvalue weighted by molar-refractivity contribution is 0.0320. The van der Waals surface area contributed by atoms with E-state index in [2.05, 4.69) is 28.0 Å². The fraction of sp³-hybridized carbons (Fsp3) is 0.438. The zero-order valence-corrected chi connectivity index (χ0v) is 13.9. The van der Waals surface area contributed by atoms with Crippen LogP contribution < -0.4 is 5.73 Å². The summed E-state index contributed by atoms with van der Waals surface area (Å²) < 4.78 is 2.93. The lowest BCUT2D eigenvalue weighted by Crippen LogP contribution is -2.28. The minimum Gasteiger partial charge on any atom is -0.385 e. The third-order valence-corrected chi connectivity index (χ3v) is 5.36. The topological polar surface area (TPSA) is 64.1 Å². The molecule has 4 nitrogen and oxygen atoms in total. The number of fused-ring (bicyclic) bond motifs is 1. The van der Waals surface area contributed by atoms with Crippen LogP contribution in [-0.4, -0.2) is 14.9 Å². The van der Waals surface area contributed by atoms with Gasteiger partial charge in [0.2, 0.25) is 0 Å². The molecule has 0 saturated carbocycles. The van der Waals surface area contributed by atoms with E-state index in [1.54, 1.807) is 0 Å². The fourth-order valence-corrected chi connectivity index (χ4v) is 3.73. The van der Waals surface area contributed by atoms with Gasteiger partial charge in [0.1, 0.15) is 0 Å². The summed E-state index contributed by atoms with van der Waals surface area (Å²) in [6.45, 7) is 4.81. The summed E-state index contributed by atoms with van der Waals surface area (Å²) >= 11 is 3.60. The Hall–Kier alpha value is -1.17. The minimum atomic E-state index is -0.919. The van der Waals surface area contributed by atoms with Crippen molar-refractivity contribution in [2.24, 2.45) is 5.73 Å². The standard InChI is InChI=1S/C16H20BrN3O/c1-3-20-14(15(17)10(2)19-20)9-16(21)8-13(18)11-6-4-5-7-12(11)16/h4-7,13,21H,3,8-9,18H2,1-2H3. The molecular formula is C16H20BrN3O. The van der Waals surface area contributed by atoms with Crippen molar-refractivity contribution in [2.75, 3.05) is 0 Å². The molecule has 2 atom stereocenters. The van der Waals surface area contributed by atoms with Crippen molar-refractivity contribution in [1.82, 2.24) is 9.78 Å². The zero-order chi connectivity index (χ0) is 15.2. The molecule has 1 heterocycles. The highest BCUT2D eigenvalue weighted by Crippen LogP contribution is 2.44. The maximum Gasteiger partial charge on any atom is 0.0973 e. The van der Waals surface area contributed by atoms with Gasteiger partial charge in [0.15, 0.2) is 0 Å². The number of nitrogens with zero attached hydrogens (tertiary/aromatic N) is 2. The van der Waals surface area contributed by atoms with Gasteiger partial charge in [-0.05, 0) is 47.3 Å². The van der Waals surface area contributed by atoms with Crippen LogP contribution in [0.4, 0.5) is 0 Å². The van der Waals surface area contributed by atoms with Crippen molar-refractivity contribution < 1.29 is 5.11 Å². The smallest absolute Gasteiger partial charge is 0.0973 e. The van der Waals surface area contributed by atoms with Gasteiger partial charge in [-0.1, -0.05) is 24.3 Å². The second-order valence-electron chi connectivity index (χ2n) is 5.77. The number of rotatable bonds is 3. The molecule has 0 spiro atoms. The van der Waals surface area contributed by atoms with Crippen LogP contribution in [0.3, 0.4) is 0 Å². The van der Waals surface area contributed by atoms with Crippen LogP contribution in [0.1, 0.15) is 41.9 Å². The van der Waals surface area contributed by atoms with E-state index in [9.17, 15) is 5.11 Å². The maximum atomic E-state index is 11.2. The molecule has 2 unspecified atom stereocenters. The normalized spacial score (nSPS) is 24.3. The van der Waals surface area contributed by atoms with Gasteiger partial charge in [-0.3, -0.25) is 4.68 Å². The van der Waals surface area contributed by atoms with Gasteiger partial charge in [0.25, 0.3) is 0 Å². The van der Waals surface area contributed by atoms with Crippen LogP contribution in [0.2, 0.25) is 0 Å². The highest BCUT2D eigenvalue weighted by molar-refractivity contribution is 9.10. The molecular weight excluding hydrogens is 330 g/mol. The first kappa shape index (κ1) is 14.8. The van der Waals surface area contributed by atoms with Gasteiger partial charge in [-0.25, -0.2) is 0 Å². The predicted molar refractivity (Wildman–Crippen MR) is 85.9 cm³/mol. The third kappa shape index (κ3) is 2.33. The molecule has 1 aliphatic carbocycles. The number of aliphatic hydroxyl groups is 1. The Morgan fingerprint density at radius 2 is 2.19 bits per heavy atom. The number of aromatic nitrogens is 2. The van der Waals surface area contributed by atoms with Gasteiger partial charge in [0, 0.05) is 19.0 Å². The average molecular weight is 350 g/mol. The summed E-state index contributed by atoms with van der Waals surface area (Å²) in [7, 11) is 0. The Balaban J connectivity index is 2.03. The molecule has 3 rings (SSSR count). The summed E-state index contributed by atoms with van der Waals surface area (Å²) in [6.07, 6.45) is 1.07. The monoisotopic (exact) mass is 349 g/mol. The number of nitrogens with two attached hydrogens (primary N) is 1. The summed E-state index contributed by atoms with van der Waals surface area (Å²) in [4.78, 5) is 0. The van der Waals surface area contributed by atoms with Crippen molar-refractivity contribution >= 4 is 15.9 Å². The first-order chi connectivity index (χ1) is 9.96. The van der Waals surface area contributed by atoms with E-state index < -0.39 is 5.60 Å². The van der Waals surface area contributed by atoms with E-state index in [0.717, 1.165) is 33.5 Å². The molecule has 21 heavy (non-hydrogen) atoms. The molecule has 5 heteroatoms. The number of hydrogen-bond donors (Lipinski definition) is 2. The third-order valence-electron chi connectivity index (χ3n) is 4.33. The molecule has 3 N–H and O–H groups in total. The highest BCUT2D eigenvalue weighted by atomic mass is 79.9. The molecule has 0 fully saturated rings. The second kappa shape index (κ2) is 5.23. The molecule has 0 radical (unpaired) electrons. The zero-order valence-electron chi connectivity index (χ0n) is 12.3. The van der Waals surface area contributed by atoms with E-state index in [1.165, 1.54) is 0 Å². The summed E-state index contributed by atoms with van der Waals surface area (Å²) in [5, 5.41) is 15.7. The molecule has 1 aromatic carbocycles. The van der Waals surface area contributed by atoms with E-state index in [0.29, 0.717) is 12.8 Å². The van der Waals surface area contributed by atoms with Crippen LogP contribution in [0.15, 0.2) is 28.7 Å². The van der Waals surface area contributed by atoms with Crippen molar-refractivity contribution in [3.63, 3.8) is 0 Å². The SMILES string of the molecule is CCn1nc(C)c(Br)c1CC1(O)CC(N)c2ccccc21. The van der Waals surface area contributed by atoms with Gasteiger partial charge < -0.3 is 10.8 Å². The molecule has 2 aromatic rings. The number of halogens is 1. The van der Waals surface area contributed by atoms with Crippen LogP contribution in [-0.2, 0) is 18.6 Å². The van der Waals surface area contributed by atoms with Gasteiger partial charge in [-0.15, -0.1) is 0 Å². The minimum absolute atomic E-state index is 0.107. The number of benzene rings is 1. The molecule has 112 valence electrons. The van der Waals surface area contributed by atoms with Crippen molar-refractivity contribution in [3.8, 4) is 0 Å². The molecule has 0 amide bonds. The molecule has 1 aromatic heterocycles. The quantitative estimate of drug-likeness (QED) is 0.895. The van der Waals surface area contributed by atoms with Crippen LogP contribution in [0.5, 0.6) is 0 Å². The van der Waals surface area contributed by atoms with Crippen LogP contribution >= 0.6 is 15.9 Å². The van der Waals surface area contributed by atoms with Crippen LogP contribution in [0.25, 0.3) is 0 Å². The number of aryl methyl sites for hydroxylation is 2. The molecule has 0 bridgehead atoms. The Morgan fingerprint density at radius 1 is 1.48 bits per heavy atom. The maximum absolute atomic E-state index is 11.2. The lowest BCUT2D eigenvalue weighted by Gasteiger charge is -2.25. The fourth-order valence-electron chi connectivity index (χ4n) is 3.31. The van der Waals surface area contributed by atoms with Gasteiger partial charge >= 0.3 is 0 Å². The van der Waals surface area contributed by atoms with Crippen LogP contribution in [0, 0.1) is 6.92 Å².